The molecular formula is C22H18FN3O6S. The lowest BCUT2D eigenvalue weighted by molar-refractivity contribution is -0.124. The van der Waals surface area contributed by atoms with Gasteiger partial charge in [-0.25, -0.2) is 4.39 Å². The summed E-state index contributed by atoms with van der Waals surface area (Å²) in [6.45, 7) is -0.201. The van der Waals surface area contributed by atoms with E-state index in [1.54, 1.807) is 24.3 Å². The summed E-state index contributed by atoms with van der Waals surface area (Å²) < 4.78 is 23.7. The minimum Gasteiger partial charge on any atom is -0.454 e. The second-order valence-electron chi connectivity index (χ2n) is 6.99. The molecule has 1 saturated heterocycles. The molecule has 2 N–H and O–H groups in total. The summed E-state index contributed by atoms with van der Waals surface area (Å²) in [5.74, 6) is -0.946. The Labute approximate surface area is 191 Å². The van der Waals surface area contributed by atoms with Gasteiger partial charge in [0.25, 0.3) is 17.1 Å². The molecule has 0 unspecified atom stereocenters. The Hall–Kier alpha value is -3.86. The standard InChI is InChI=1S/C22H18FN3O6S/c23-15-3-1-2-14(10-15)20(28)25-11-19(27)24-6-7-26-21(29)18(33-22(26)30)9-13-4-5-16-17(8-13)32-12-31-16/h1-5,8-10H,6-7,11-12H2,(H,24,27)(H,25,28)/b18-9-. The fraction of sp³-hybridized carbons (Fsp3) is 0.182. The van der Waals surface area contributed by atoms with Gasteiger partial charge >= 0.3 is 0 Å². The molecule has 2 heterocycles. The Bertz CT molecular complexity index is 1170. The molecule has 2 aliphatic heterocycles. The molecule has 1 fully saturated rings. The molecule has 4 rings (SSSR count). The molecule has 2 aliphatic rings. The van der Waals surface area contributed by atoms with Crippen LogP contribution in [0.3, 0.4) is 0 Å². The number of carbonyl (C=O) groups is 4. The summed E-state index contributed by atoms with van der Waals surface area (Å²) in [4.78, 5) is 50.0. The van der Waals surface area contributed by atoms with E-state index in [1.165, 1.54) is 18.2 Å². The summed E-state index contributed by atoms with van der Waals surface area (Å²) >= 11 is 0.808. The molecule has 33 heavy (non-hydrogen) atoms. The summed E-state index contributed by atoms with van der Waals surface area (Å²) in [7, 11) is 0. The molecule has 11 heteroatoms. The van der Waals surface area contributed by atoms with Crippen molar-refractivity contribution >= 4 is 40.8 Å². The number of halogens is 1. The monoisotopic (exact) mass is 471 g/mol. The van der Waals surface area contributed by atoms with E-state index in [2.05, 4.69) is 10.6 Å². The lowest BCUT2D eigenvalue weighted by Crippen LogP contribution is -2.41. The van der Waals surface area contributed by atoms with Gasteiger partial charge in [0.15, 0.2) is 11.5 Å². The SMILES string of the molecule is O=C(CNC(=O)c1cccc(F)c1)NCCN1C(=O)S/C(=C\c2ccc3c(c2)OCO3)C1=O. The number of hydrogen-bond donors (Lipinski definition) is 2. The van der Waals surface area contributed by atoms with Crippen LogP contribution in [-0.4, -0.2) is 54.3 Å². The molecule has 4 amide bonds. The summed E-state index contributed by atoms with van der Waals surface area (Å²) in [6, 6.07) is 10.3. The van der Waals surface area contributed by atoms with Gasteiger partial charge in [-0.1, -0.05) is 12.1 Å². The van der Waals surface area contributed by atoms with Crippen LogP contribution in [0.4, 0.5) is 9.18 Å². The van der Waals surface area contributed by atoms with Crippen LogP contribution >= 0.6 is 11.8 Å². The smallest absolute Gasteiger partial charge is 0.293 e. The highest BCUT2D eigenvalue weighted by Crippen LogP contribution is 2.36. The predicted molar refractivity (Wildman–Crippen MR) is 117 cm³/mol. The fourth-order valence-electron chi connectivity index (χ4n) is 3.11. The Morgan fingerprint density at radius 3 is 2.73 bits per heavy atom. The van der Waals surface area contributed by atoms with Crippen LogP contribution < -0.4 is 20.1 Å². The van der Waals surface area contributed by atoms with Gasteiger partial charge in [0, 0.05) is 18.7 Å². The number of carbonyl (C=O) groups excluding carboxylic acids is 4. The van der Waals surface area contributed by atoms with E-state index in [1.807, 2.05) is 0 Å². The minimum absolute atomic E-state index is 0.0179. The highest BCUT2D eigenvalue weighted by Gasteiger charge is 2.34. The Kier molecular flexibility index (Phi) is 6.59. The number of nitrogens with one attached hydrogen (secondary N) is 2. The normalized spacial score (nSPS) is 15.8. The summed E-state index contributed by atoms with van der Waals surface area (Å²) in [5, 5.41) is 4.46. The van der Waals surface area contributed by atoms with Gasteiger partial charge in [0.05, 0.1) is 11.4 Å². The van der Waals surface area contributed by atoms with E-state index >= 15 is 0 Å². The first-order valence-electron chi connectivity index (χ1n) is 9.86. The number of imide groups is 1. The highest BCUT2D eigenvalue weighted by atomic mass is 32.2. The average Bonchev–Trinajstić information content (AvgIpc) is 3.36. The maximum atomic E-state index is 13.2. The van der Waals surface area contributed by atoms with E-state index in [0.717, 1.165) is 22.7 Å². The third kappa shape index (κ3) is 5.32. The van der Waals surface area contributed by atoms with Gasteiger partial charge in [0.1, 0.15) is 5.82 Å². The number of nitrogens with zero attached hydrogens (tertiary/aromatic N) is 1. The van der Waals surface area contributed by atoms with Crippen molar-refractivity contribution in [3.8, 4) is 11.5 Å². The first-order chi connectivity index (χ1) is 15.9. The van der Waals surface area contributed by atoms with Gasteiger partial charge in [-0.3, -0.25) is 24.1 Å². The number of hydrogen-bond acceptors (Lipinski definition) is 7. The molecular weight excluding hydrogens is 453 g/mol. The van der Waals surface area contributed by atoms with E-state index in [-0.39, 0.29) is 36.9 Å². The number of rotatable bonds is 7. The third-order valence-electron chi connectivity index (χ3n) is 4.72. The van der Waals surface area contributed by atoms with Crippen LogP contribution in [-0.2, 0) is 9.59 Å². The van der Waals surface area contributed by atoms with Gasteiger partial charge in [-0.2, -0.15) is 0 Å². The van der Waals surface area contributed by atoms with E-state index in [0.29, 0.717) is 17.1 Å². The zero-order valence-electron chi connectivity index (χ0n) is 17.1. The number of fused-ring (bicyclic) bond motifs is 1. The minimum atomic E-state index is -0.593. The molecule has 0 spiro atoms. The Morgan fingerprint density at radius 2 is 1.91 bits per heavy atom. The maximum absolute atomic E-state index is 13.2. The number of amides is 4. The van der Waals surface area contributed by atoms with Crippen molar-refractivity contribution in [1.82, 2.24) is 15.5 Å². The van der Waals surface area contributed by atoms with Crippen molar-refractivity contribution in [2.24, 2.45) is 0 Å². The van der Waals surface area contributed by atoms with E-state index < -0.39 is 28.8 Å². The molecule has 2 aromatic rings. The predicted octanol–water partition coefficient (Wildman–Crippen LogP) is 2.14. The maximum Gasteiger partial charge on any atom is 0.293 e. The van der Waals surface area contributed by atoms with Gasteiger partial charge in [-0.05, 0) is 53.7 Å². The van der Waals surface area contributed by atoms with Gasteiger partial charge in [0.2, 0.25) is 12.7 Å². The molecule has 2 aromatic carbocycles. The van der Waals surface area contributed by atoms with Crippen molar-refractivity contribution in [2.45, 2.75) is 0 Å². The van der Waals surface area contributed by atoms with E-state index in [9.17, 15) is 23.6 Å². The molecule has 9 nitrogen and oxygen atoms in total. The van der Waals surface area contributed by atoms with Gasteiger partial charge < -0.3 is 20.1 Å². The van der Waals surface area contributed by atoms with Crippen molar-refractivity contribution in [3.63, 3.8) is 0 Å². The summed E-state index contributed by atoms with van der Waals surface area (Å²) in [5.41, 5.74) is 0.780. The Morgan fingerprint density at radius 1 is 1.09 bits per heavy atom. The first-order valence-corrected chi connectivity index (χ1v) is 10.7. The number of benzene rings is 2. The van der Waals surface area contributed by atoms with Crippen LogP contribution in [0.25, 0.3) is 6.08 Å². The quantitative estimate of drug-likeness (QED) is 0.595. The molecule has 0 aliphatic carbocycles. The summed E-state index contributed by atoms with van der Waals surface area (Å²) in [6.07, 6.45) is 1.59. The van der Waals surface area contributed by atoms with E-state index in [4.69, 9.17) is 9.47 Å². The van der Waals surface area contributed by atoms with Crippen LogP contribution in [0.5, 0.6) is 11.5 Å². The zero-order valence-corrected chi connectivity index (χ0v) is 17.9. The van der Waals surface area contributed by atoms with Crippen molar-refractivity contribution in [1.29, 1.82) is 0 Å². The van der Waals surface area contributed by atoms with Crippen LogP contribution in [0, 0.1) is 5.82 Å². The van der Waals surface area contributed by atoms with Crippen molar-refractivity contribution in [2.75, 3.05) is 26.4 Å². The van der Waals surface area contributed by atoms with Crippen LogP contribution in [0.2, 0.25) is 0 Å². The zero-order chi connectivity index (χ0) is 23.4. The topological polar surface area (TPSA) is 114 Å². The van der Waals surface area contributed by atoms with Crippen LogP contribution in [0.15, 0.2) is 47.4 Å². The molecule has 0 radical (unpaired) electrons. The number of ether oxygens (including phenoxy) is 2. The molecule has 0 atom stereocenters. The molecule has 0 aromatic heterocycles. The lowest BCUT2D eigenvalue weighted by Gasteiger charge is -2.13. The molecule has 0 saturated carbocycles. The Balaban J connectivity index is 1.25. The average molecular weight is 471 g/mol. The number of thioether (sulfide) groups is 1. The van der Waals surface area contributed by atoms with Crippen LogP contribution in [0.1, 0.15) is 15.9 Å². The molecule has 0 bridgehead atoms. The third-order valence-corrected chi connectivity index (χ3v) is 5.63. The van der Waals surface area contributed by atoms with Gasteiger partial charge in [-0.15, -0.1) is 0 Å². The molecule has 170 valence electrons. The second-order valence-corrected chi connectivity index (χ2v) is 7.98. The first kappa shape index (κ1) is 22.3. The van der Waals surface area contributed by atoms with Crippen molar-refractivity contribution in [3.05, 3.63) is 64.3 Å². The lowest BCUT2D eigenvalue weighted by atomic mass is 10.2. The van der Waals surface area contributed by atoms with Crippen molar-refractivity contribution < 1.29 is 33.0 Å². The second kappa shape index (κ2) is 9.74. The highest BCUT2D eigenvalue weighted by molar-refractivity contribution is 8.18. The largest absolute Gasteiger partial charge is 0.454 e. The fourth-order valence-corrected chi connectivity index (χ4v) is 3.97.